The molecule has 0 saturated carbocycles. The summed E-state index contributed by atoms with van der Waals surface area (Å²) in [6.45, 7) is 1.98. The molecule has 2 aliphatic rings. The Balaban J connectivity index is 1.34. The molecular formula is C24H20N2O4S. The maximum atomic E-state index is 11.9. The Labute approximate surface area is 182 Å². The summed E-state index contributed by atoms with van der Waals surface area (Å²) in [5.41, 5.74) is 4.01. The molecule has 1 aromatic heterocycles. The van der Waals surface area contributed by atoms with Gasteiger partial charge in [-0.15, -0.1) is 0 Å². The van der Waals surface area contributed by atoms with Gasteiger partial charge in [0.25, 0.3) is 5.91 Å². The van der Waals surface area contributed by atoms with E-state index in [1.165, 1.54) is 6.08 Å². The first-order valence-corrected chi connectivity index (χ1v) is 11.1. The summed E-state index contributed by atoms with van der Waals surface area (Å²) in [4.78, 5) is 16.0. The van der Waals surface area contributed by atoms with Gasteiger partial charge in [0.1, 0.15) is 23.4 Å². The van der Waals surface area contributed by atoms with Gasteiger partial charge in [-0.25, -0.2) is 4.21 Å². The molecule has 2 heterocycles. The van der Waals surface area contributed by atoms with Gasteiger partial charge in [-0.3, -0.25) is 14.5 Å². The Morgan fingerprint density at radius 2 is 1.94 bits per heavy atom. The van der Waals surface area contributed by atoms with E-state index in [-0.39, 0.29) is 12.0 Å². The normalized spacial score (nSPS) is 19.5. The Morgan fingerprint density at radius 1 is 1.10 bits per heavy atom. The third kappa shape index (κ3) is 3.84. The number of amides is 1. The number of hydrogen-bond donors (Lipinski definition) is 1. The van der Waals surface area contributed by atoms with Crippen LogP contribution in [-0.2, 0) is 22.2 Å². The van der Waals surface area contributed by atoms with E-state index >= 15 is 0 Å². The minimum absolute atomic E-state index is 0.0639. The zero-order valence-corrected chi connectivity index (χ0v) is 17.6. The third-order valence-electron chi connectivity index (χ3n) is 5.43. The summed E-state index contributed by atoms with van der Waals surface area (Å²) in [7, 11) is -1.50. The van der Waals surface area contributed by atoms with Gasteiger partial charge in [0.2, 0.25) is 0 Å². The average Bonchev–Trinajstić information content (AvgIpc) is 3.33. The van der Waals surface area contributed by atoms with Crippen LogP contribution in [-0.4, -0.2) is 15.1 Å². The Kier molecular flexibility index (Phi) is 5.03. The number of rotatable bonds is 5. The zero-order valence-electron chi connectivity index (χ0n) is 16.8. The van der Waals surface area contributed by atoms with E-state index < -0.39 is 11.0 Å². The number of nitrogens with one attached hydrogen (secondary N) is 1. The Morgan fingerprint density at radius 3 is 2.68 bits per heavy atom. The summed E-state index contributed by atoms with van der Waals surface area (Å²) < 4.78 is 26.7. The van der Waals surface area contributed by atoms with Crippen molar-refractivity contribution in [2.45, 2.75) is 25.9 Å². The fourth-order valence-electron chi connectivity index (χ4n) is 3.90. The molecule has 7 heteroatoms. The van der Waals surface area contributed by atoms with E-state index in [9.17, 15) is 9.00 Å². The molecule has 1 aliphatic carbocycles. The van der Waals surface area contributed by atoms with Crippen LogP contribution in [0.5, 0.6) is 17.2 Å². The molecule has 31 heavy (non-hydrogen) atoms. The van der Waals surface area contributed by atoms with Gasteiger partial charge in [-0.1, -0.05) is 24.3 Å². The smallest absolute Gasteiger partial charge is 0.257 e. The van der Waals surface area contributed by atoms with Crippen molar-refractivity contribution in [2.24, 2.45) is 0 Å². The molecule has 156 valence electrons. The van der Waals surface area contributed by atoms with E-state index in [2.05, 4.69) is 15.8 Å². The van der Waals surface area contributed by atoms with E-state index in [1.54, 1.807) is 12.4 Å². The van der Waals surface area contributed by atoms with Crippen molar-refractivity contribution >= 4 is 21.8 Å². The fourth-order valence-corrected chi connectivity index (χ4v) is 4.81. The van der Waals surface area contributed by atoms with Crippen molar-refractivity contribution in [3.63, 3.8) is 0 Å². The first kappa shape index (κ1) is 19.5. The van der Waals surface area contributed by atoms with Crippen LogP contribution in [0, 0.1) is 6.92 Å². The van der Waals surface area contributed by atoms with Gasteiger partial charge >= 0.3 is 0 Å². The summed E-state index contributed by atoms with van der Waals surface area (Å²) in [6, 6.07) is 15.3. The largest absolute Gasteiger partial charge is 0.486 e. The van der Waals surface area contributed by atoms with Crippen LogP contribution in [0.4, 0.5) is 0 Å². The first-order valence-electron chi connectivity index (χ1n) is 10.00. The monoisotopic (exact) mass is 432 g/mol. The molecule has 6 nitrogen and oxygen atoms in total. The molecule has 0 spiro atoms. The second-order valence-electron chi connectivity index (χ2n) is 7.48. The van der Waals surface area contributed by atoms with Crippen LogP contribution < -0.4 is 14.2 Å². The predicted octanol–water partition coefficient (Wildman–Crippen LogP) is 4.38. The van der Waals surface area contributed by atoms with Gasteiger partial charge in [0.15, 0.2) is 11.0 Å². The van der Waals surface area contributed by atoms with Gasteiger partial charge < -0.3 is 9.47 Å². The predicted molar refractivity (Wildman–Crippen MR) is 118 cm³/mol. The second-order valence-corrected chi connectivity index (χ2v) is 8.66. The molecule has 3 aromatic rings. The van der Waals surface area contributed by atoms with E-state index in [4.69, 9.17) is 9.47 Å². The number of aryl methyl sites for hydroxylation is 1. The number of aromatic nitrogens is 1. The maximum absolute atomic E-state index is 11.9. The molecule has 2 atom stereocenters. The van der Waals surface area contributed by atoms with Crippen molar-refractivity contribution in [3.05, 3.63) is 89.3 Å². The van der Waals surface area contributed by atoms with Gasteiger partial charge in [-0.2, -0.15) is 0 Å². The molecular weight excluding hydrogens is 412 g/mol. The van der Waals surface area contributed by atoms with Crippen LogP contribution >= 0.6 is 0 Å². The van der Waals surface area contributed by atoms with E-state index in [0.717, 1.165) is 52.3 Å². The lowest BCUT2D eigenvalue weighted by Gasteiger charge is -2.16. The molecule has 2 unspecified atom stereocenters. The van der Waals surface area contributed by atoms with Gasteiger partial charge in [-0.05, 0) is 55.2 Å². The molecule has 5 rings (SSSR count). The van der Waals surface area contributed by atoms with Gasteiger partial charge in [0, 0.05) is 29.6 Å². The van der Waals surface area contributed by atoms with Crippen molar-refractivity contribution in [1.82, 2.24) is 9.71 Å². The molecule has 2 aromatic carbocycles. The lowest BCUT2D eigenvalue weighted by Crippen LogP contribution is -2.16. The fraction of sp³-hybridized carbons (Fsp3) is 0.167. The van der Waals surface area contributed by atoms with Crippen molar-refractivity contribution in [3.8, 4) is 17.2 Å². The summed E-state index contributed by atoms with van der Waals surface area (Å²) in [5, 5.41) is 0. The number of carbonyl (C=O) groups excluding carboxylic acids is 1. The quantitative estimate of drug-likeness (QED) is 0.647. The number of pyridine rings is 1. The highest BCUT2D eigenvalue weighted by atomic mass is 32.2. The number of hydrogen-bond acceptors (Lipinski definition) is 5. The number of benzene rings is 2. The summed E-state index contributed by atoms with van der Waals surface area (Å²) >= 11 is 0. The Hall–Kier alpha value is -3.45. The molecule has 0 saturated heterocycles. The number of fused-ring (bicyclic) bond motifs is 1. The van der Waals surface area contributed by atoms with Crippen molar-refractivity contribution in [2.75, 3.05) is 0 Å². The summed E-state index contributed by atoms with van der Waals surface area (Å²) in [5.74, 6) is 2.04. The third-order valence-corrected chi connectivity index (χ3v) is 6.57. The van der Waals surface area contributed by atoms with Crippen LogP contribution in [0.25, 0.3) is 4.91 Å². The Bertz CT molecular complexity index is 1220. The minimum Gasteiger partial charge on any atom is -0.486 e. The highest BCUT2D eigenvalue weighted by Crippen LogP contribution is 2.41. The highest BCUT2D eigenvalue weighted by molar-refractivity contribution is 7.93. The summed E-state index contributed by atoms with van der Waals surface area (Å²) in [6.07, 6.45) is 6.55. The molecule has 0 bridgehead atoms. The van der Waals surface area contributed by atoms with E-state index in [0.29, 0.717) is 4.91 Å². The highest BCUT2D eigenvalue weighted by Gasteiger charge is 2.27. The number of ether oxygens (including phenoxy) is 2. The average molecular weight is 433 g/mol. The van der Waals surface area contributed by atoms with Crippen molar-refractivity contribution in [1.29, 1.82) is 0 Å². The first-order chi connectivity index (χ1) is 15.1. The maximum Gasteiger partial charge on any atom is 0.257 e. The molecule has 0 fully saturated rings. The van der Waals surface area contributed by atoms with Crippen LogP contribution in [0.15, 0.2) is 67.0 Å². The van der Waals surface area contributed by atoms with Crippen LogP contribution in [0.1, 0.15) is 34.8 Å². The number of nitrogens with zero attached hydrogens (tertiary/aromatic N) is 1. The van der Waals surface area contributed by atoms with Crippen molar-refractivity contribution < 1.29 is 18.5 Å². The second kappa shape index (κ2) is 8.00. The number of carbonyl (C=O) groups is 1. The van der Waals surface area contributed by atoms with Gasteiger partial charge in [0.05, 0.1) is 4.91 Å². The topological polar surface area (TPSA) is 77.5 Å². The molecule has 1 aliphatic heterocycles. The lowest BCUT2D eigenvalue weighted by atomic mass is 10.1. The van der Waals surface area contributed by atoms with Crippen LogP contribution in [0.3, 0.4) is 0 Å². The zero-order chi connectivity index (χ0) is 21.4. The molecule has 1 amide bonds. The van der Waals surface area contributed by atoms with E-state index in [1.807, 2.05) is 49.4 Å². The molecule has 0 radical (unpaired) electrons. The van der Waals surface area contributed by atoms with Crippen LogP contribution in [0.2, 0.25) is 0 Å². The SMILES string of the molecule is Cc1cnccc1Oc1cccc2c1CCC2Oc1ccc(C2=CC(=O)NS2=O)cc1. The standard InChI is InChI=1S/C24H20N2O4S/c1-15-14-25-12-11-20(15)30-21-4-2-3-18-19(21)9-10-22(18)29-17-7-5-16(6-8-17)23-13-24(27)26-31(23)28/h2-8,11-14,22H,9-10H2,1H3,(H,26,27). The molecule has 1 N–H and O–H groups in total. The lowest BCUT2D eigenvalue weighted by molar-refractivity contribution is -0.114. The minimum atomic E-state index is -1.50.